The van der Waals surface area contributed by atoms with Crippen molar-refractivity contribution in [3.63, 3.8) is 0 Å². The third-order valence-corrected chi connectivity index (χ3v) is 3.33. The molecule has 2 rings (SSSR count). The topological polar surface area (TPSA) is 74.5 Å². The summed E-state index contributed by atoms with van der Waals surface area (Å²) in [5, 5.41) is 16.7. The van der Waals surface area contributed by atoms with Crippen molar-refractivity contribution in [2.24, 2.45) is 0 Å². The number of hydrogen-bond acceptors (Lipinski definition) is 5. The highest BCUT2D eigenvalue weighted by molar-refractivity contribution is 5.76. The maximum atomic E-state index is 12.1. The number of rotatable bonds is 5. The normalized spacial score (nSPS) is 16.8. The lowest BCUT2D eigenvalue weighted by Gasteiger charge is -2.32. The fourth-order valence-corrected chi connectivity index (χ4v) is 2.08. The predicted octanol–water partition coefficient (Wildman–Crippen LogP) is -1.02. The minimum Gasteiger partial charge on any atom is -0.396 e. The van der Waals surface area contributed by atoms with Gasteiger partial charge in [0.25, 0.3) is 0 Å². The van der Waals surface area contributed by atoms with Crippen molar-refractivity contribution in [3.05, 3.63) is 11.9 Å². The van der Waals surface area contributed by atoms with Gasteiger partial charge in [0, 0.05) is 39.0 Å². The van der Waals surface area contributed by atoms with Gasteiger partial charge in [-0.3, -0.25) is 4.79 Å². The molecule has 0 spiro atoms. The van der Waals surface area contributed by atoms with Crippen LogP contribution in [0, 0.1) is 0 Å². The SMILES string of the molecule is CN1CCN(C(=O)Cn2cc(CCCO)nn2)CC1. The van der Waals surface area contributed by atoms with E-state index in [4.69, 9.17) is 5.11 Å². The van der Waals surface area contributed by atoms with Gasteiger partial charge in [0.2, 0.25) is 5.91 Å². The zero-order chi connectivity index (χ0) is 13.7. The zero-order valence-electron chi connectivity index (χ0n) is 11.3. The van der Waals surface area contributed by atoms with Crippen LogP contribution in [-0.2, 0) is 17.8 Å². The molecule has 1 aliphatic rings. The lowest BCUT2D eigenvalue weighted by atomic mass is 10.2. The Kier molecular flexibility index (Phi) is 4.86. The molecule has 1 N–H and O–H groups in total. The highest BCUT2D eigenvalue weighted by atomic mass is 16.3. The number of nitrogens with zero attached hydrogens (tertiary/aromatic N) is 5. The van der Waals surface area contributed by atoms with Crippen LogP contribution in [0.4, 0.5) is 0 Å². The fourth-order valence-electron chi connectivity index (χ4n) is 2.08. The number of carbonyl (C=O) groups is 1. The van der Waals surface area contributed by atoms with Gasteiger partial charge in [-0.05, 0) is 19.9 Å². The quantitative estimate of drug-likeness (QED) is 0.739. The van der Waals surface area contributed by atoms with Crippen LogP contribution in [0.1, 0.15) is 12.1 Å². The molecule has 7 nitrogen and oxygen atoms in total. The summed E-state index contributed by atoms with van der Waals surface area (Å²) in [6.07, 6.45) is 3.15. The Balaban J connectivity index is 1.83. The van der Waals surface area contributed by atoms with Gasteiger partial charge in [-0.2, -0.15) is 0 Å². The monoisotopic (exact) mass is 267 g/mol. The fraction of sp³-hybridized carbons (Fsp3) is 0.750. The first kappa shape index (κ1) is 14.0. The molecular formula is C12H21N5O2. The van der Waals surface area contributed by atoms with Crippen LogP contribution >= 0.6 is 0 Å². The molecule has 1 fully saturated rings. The molecule has 106 valence electrons. The molecule has 1 amide bonds. The first-order chi connectivity index (χ1) is 9.19. The summed E-state index contributed by atoms with van der Waals surface area (Å²) < 4.78 is 1.58. The van der Waals surface area contributed by atoms with E-state index in [-0.39, 0.29) is 19.1 Å². The van der Waals surface area contributed by atoms with Crippen molar-refractivity contribution in [2.45, 2.75) is 19.4 Å². The molecule has 7 heteroatoms. The van der Waals surface area contributed by atoms with Gasteiger partial charge in [0.05, 0.1) is 5.69 Å². The van der Waals surface area contributed by atoms with Gasteiger partial charge in [-0.1, -0.05) is 5.21 Å². The number of aromatic nitrogens is 3. The summed E-state index contributed by atoms with van der Waals surface area (Å²) in [4.78, 5) is 16.2. The Bertz CT molecular complexity index is 412. The van der Waals surface area contributed by atoms with E-state index in [0.717, 1.165) is 31.9 Å². The zero-order valence-corrected chi connectivity index (χ0v) is 11.3. The number of aryl methyl sites for hydroxylation is 1. The molecule has 0 atom stereocenters. The van der Waals surface area contributed by atoms with Crippen LogP contribution < -0.4 is 0 Å². The van der Waals surface area contributed by atoms with Crippen molar-refractivity contribution >= 4 is 5.91 Å². The molecule has 0 saturated carbocycles. The summed E-state index contributed by atoms with van der Waals surface area (Å²) in [6.45, 7) is 3.79. The summed E-state index contributed by atoms with van der Waals surface area (Å²) in [5.74, 6) is 0.0895. The molecule has 0 bridgehead atoms. The molecule has 1 saturated heterocycles. The molecule has 0 unspecified atom stereocenters. The van der Waals surface area contributed by atoms with Crippen LogP contribution in [0.5, 0.6) is 0 Å². The molecule has 1 aromatic rings. The third-order valence-electron chi connectivity index (χ3n) is 3.33. The molecular weight excluding hydrogens is 246 g/mol. The van der Waals surface area contributed by atoms with E-state index in [0.29, 0.717) is 12.8 Å². The Morgan fingerprint density at radius 2 is 2.11 bits per heavy atom. The molecule has 19 heavy (non-hydrogen) atoms. The van der Waals surface area contributed by atoms with Gasteiger partial charge in [0.15, 0.2) is 0 Å². The summed E-state index contributed by atoms with van der Waals surface area (Å²) in [5.41, 5.74) is 0.820. The molecule has 0 radical (unpaired) electrons. The Morgan fingerprint density at radius 3 is 2.79 bits per heavy atom. The standard InChI is InChI=1S/C12H21N5O2/c1-15-4-6-16(7-5-15)12(19)10-17-9-11(13-14-17)3-2-8-18/h9,18H,2-8,10H2,1H3. The number of likely N-dealkylation sites (N-methyl/N-ethyl adjacent to an activating group) is 1. The van der Waals surface area contributed by atoms with Crippen molar-refractivity contribution in [3.8, 4) is 0 Å². The Labute approximate surface area is 112 Å². The number of piperazine rings is 1. The highest BCUT2D eigenvalue weighted by Crippen LogP contribution is 2.02. The van der Waals surface area contributed by atoms with E-state index in [9.17, 15) is 4.79 Å². The molecule has 1 aromatic heterocycles. The van der Waals surface area contributed by atoms with Crippen molar-refractivity contribution < 1.29 is 9.90 Å². The van der Waals surface area contributed by atoms with E-state index in [1.807, 2.05) is 4.90 Å². The van der Waals surface area contributed by atoms with Crippen LogP contribution in [0.3, 0.4) is 0 Å². The molecule has 2 heterocycles. The number of aliphatic hydroxyl groups is 1. The Morgan fingerprint density at radius 1 is 1.37 bits per heavy atom. The first-order valence-electron chi connectivity index (χ1n) is 6.65. The van der Waals surface area contributed by atoms with Gasteiger partial charge >= 0.3 is 0 Å². The van der Waals surface area contributed by atoms with E-state index >= 15 is 0 Å². The van der Waals surface area contributed by atoms with Crippen LogP contribution in [0.15, 0.2) is 6.20 Å². The highest BCUT2D eigenvalue weighted by Gasteiger charge is 2.19. The minimum atomic E-state index is 0.0895. The lowest BCUT2D eigenvalue weighted by molar-refractivity contribution is -0.133. The van der Waals surface area contributed by atoms with E-state index in [2.05, 4.69) is 22.3 Å². The maximum absolute atomic E-state index is 12.1. The number of aliphatic hydroxyl groups excluding tert-OH is 1. The predicted molar refractivity (Wildman–Crippen MR) is 69.5 cm³/mol. The summed E-state index contributed by atoms with van der Waals surface area (Å²) in [6, 6.07) is 0. The van der Waals surface area contributed by atoms with Gasteiger partial charge in [0.1, 0.15) is 6.54 Å². The second kappa shape index (κ2) is 6.63. The molecule has 0 aliphatic carbocycles. The Hall–Kier alpha value is -1.47. The largest absolute Gasteiger partial charge is 0.396 e. The van der Waals surface area contributed by atoms with Crippen LogP contribution in [-0.4, -0.2) is 75.6 Å². The maximum Gasteiger partial charge on any atom is 0.244 e. The van der Waals surface area contributed by atoms with Crippen LogP contribution in [0.2, 0.25) is 0 Å². The second-order valence-corrected chi connectivity index (χ2v) is 4.92. The van der Waals surface area contributed by atoms with Gasteiger partial charge in [-0.25, -0.2) is 4.68 Å². The van der Waals surface area contributed by atoms with Crippen molar-refractivity contribution in [2.75, 3.05) is 39.8 Å². The van der Waals surface area contributed by atoms with Gasteiger partial charge in [-0.15, -0.1) is 5.10 Å². The average Bonchev–Trinajstić information content (AvgIpc) is 2.84. The molecule has 1 aliphatic heterocycles. The molecule has 0 aromatic carbocycles. The second-order valence-electron chi connectivity index (χ2n) is 4.92. The number of amides is 1. The van der Waals surface area contributed by atoms with Gasteiger partial charge < -0.3 is 14.9 Å². The lowest BCUT2D eigenvalue weighted by Crippen LogP contribution is -2.48. The van der Waals surface area contributed by atoms with Crippen molar-refractivity contribution in [1.29, 1.82) is 0 Å². The smallest absolute Gasteiger partial charge is 0.244 e. The van der Waals surface area contributed by atoms with Crippen LogP contribution in [0.25, 0.3) is 0 Å². The number of carbonyl (C=O) groups excluding carboxylic acids is 1. The van der Waals surface area contributed by atoms with E-state index in [1.165, 1.54) is 0 Å². The summed E-state index contributed by atoms with van der Waals surface area (Å²) >= 11 is 0. The van der Waals surface area contributed by atoms with E-state index < -0.39 is 0 Å². The van der Waals surface area contributed by atoms with Crippen molar-refractivity contribution in [1.82, 2.24) is 24.8 Å². The third kappa shape index (κ3) is 4.00. The number of hydrogen-bond donors (Lipinski definition) is 1. The average molecular weight is 267 g/mol. The first-order valence-corrected chi connectivity index (χ1v) is 6.65. The minimum absolute atomic E-state index is 0.0895. The van der Waals surface area contributed by atoms with E-state index in [1.54, 1.807) is 10.9 Å². The summed E-state index contributed by atoms with van der Waals surface area (Å²) in [7, 11) is 2.06.